The maximum absolute atomic E-state index is 10.7. The molecule has 1 aliphatic heterocycles. The molecule has 0 aromatic rings. The zero-order valence-electron chi connectivity index (χ0n) is 6.26. The molecule has 0 spiro atoms. The predicted molar refractivity (Wildman–Crippen MR) is 30.5 cm³/mol. The van der Waals surface area contributed by atoms with E-state index in [-0.39, 0.29) is 25.0 Å². The van der Waals surface area contributed by atoms with Crippen LogP contribution in [0.15, 0.2) is 0 Å². The van der Waals surface area contributed by atoms with Crippen molar-refractivity contribution in [2.45, 2.75) is 19.4 Å². The van der Waals surface area contributed by atoms with Crippen LogP contribution in [0.4, 0.5) is 0 Å². The zero-order chi connectivity index (χ0) is 5.98. The summed E-state index contributed by atoms with van der Waals surface area (Å²) in [4.78, 5) is 2.19. The third-order valence-corrected chi connectivity index (χ3v) is 1.68. The second-order valence-electron chi connectivity index (χ2n) is 2.30. The van der Waals surface area contributed by atoms with Crippen LogP contribution in [0, 0.1) is 0 Å². The minimum Gasteiger partial charge on any atom is -0.851 e. The van der Waals surface area contributed by atoms with Gasteiger partial charge in [-0.1, -0.05) is 13.3 Å². The van der Waals surface area contributed by atoms with Crippen molar-refractivity contribution in [3.05, 3.63) is 0 Å². The van der Waals surface area contributed by atoms with Crippen LogP contribution in [0.25, 0.3) is 0 Å². The zero-order valence-corrected chi connectivity index (χ0v) is 6.26. The van der Waals surface area contributed by atoms with Crippen LogP contribution in [0.5, 0.6) is 0 Å². The van der Waals surface area contributed by atoms with Gasteiger partial charge in [-0.25, -0.2) is 0 Å². The summed E-state index contributed by atoms with van der Waals surface area (Å²) in [6.07, 6.45) is 0.559. The van der Waals surface area contributed by atoms with Gasteiger partial charge in [0, 0.05) is 0 Å². The average Bonchev–Trinajstić information content (AvgIpc) is 2.14. The van der Waals surface area contributed by atoms with Crippen LogP contribution in [0.2, 0.25) is 0 Å². The molecule has 2 nitrogen and oxygen atoms in total. The fourth-order valence-corrected chi connectivity index (χ4v) is 1.08. The molecule has 1 saturated heterocycles. The minimum absolute atomic E-state index is 0. The molecule has 0 aliphatic carbocycles. The first-order chi connectivity index (χ1) is 3.83. The van der Waals surface area contributed by atoms with Crippen molar-refractivity contribution in [1.29, 1.82) is 0 Å². The van der Waals surface area contributed by atoms with E-state index in [1.807, 2.05) is 0 Å². The van der Waals surface area contributed by atoms with E-state index in [0.717, 1.165) is 26.1 Å². The van der Waals surface area contributed by atoms with Crippen molar-refractivity contribution in [2.24, 2.45) is 0 Å². The molecule has 3 heteroatoms. The number of likely N-dealkylation sites (N-methyl/N-ethyl adjacent to an activating group) is 1. The molecule has 9 heavy (non-hydrogen) atoms. The van der Waals surface area contributed by atoms with Gasteiger partial charge in [0.1, 0.15) is 0 Å². The third-order valence-electron chi connectivity index (χ3n) is 1.68. The maximum Gasteiger partial charge on any atom is 1.00 e. The number of rotatable bonds is 1. The molecule has 1 fully saturated rings. The van der Waals surface area contributed by atoms with E-state index in [2.05, 4.69) is 11.8 Å². The van der Waals surface area contributed by atoms with E-state index < -0.39 is 0 Å². The second kappa shape index (κ2) is 4.35. The Morgan fingerprint density at radius 2 is 2.33 bits per heavy atom. The van der Waals surface area contributed by atoms with Gasteiger partial charge < -0.3 is 10.0 Å². The van der Waals surface area contributed by atoms with Gasteiger partial charge in [0.05, 0.1) is 0 Å². The largest absolute Gasteiger partial charge is 1.00 e. The Labute approximate surface area is 68.4 Å². The average molecular weight is 121 g/mol. The number of hydrogen-bond acceptors (Lipinski definition) is 2. The standard InChI is InChI=1S/C6H12NO.Li/c1-2-7-4-3-6(8)5-7;/h6H,2-5H2,1H3;/q-1;+1. The summed E-state index contributed by atoms with van der Waals surface area (Å²) in [7, 11) is 0. The maximum atomic E-state index is 10.7. The Hall–Kier alpha value is 0.517. The summed E-state index contributed by atoms with van der Waals surface area (Å²) in [5, 5.41) is 10.7. The molecule has 0 bridgehead atoms. The normalized spacial score (nSPS) is 28.0. The van der Waals surface area contributed by atoms with Crippen molar-refractivity contribution < 1.29 is 24.0 Å². The Morgan fingerprint density at radius 1 is 1.67 bits per heavy atom. The molecule has 1 unspecified atom stereocenters. The van der Waals surface area contributed by atoms with E-state index in [9.17, 15) is 5.11 Å². The van der Waals surface area contributed by atoms with Gasteiger partial charge >= 0.3 is 18.9 Å². The molecule has 1 rings (SSSR count). The van der Waals surface area contributed by atoms with Crippen LogP contribution in [-0.4, -0.2) is 30.6 Å². The second-order valence-corrected chi connectivity index (χ2v) is 2.30. The van der Waals surface area contributed by atoms with Crippen LogP contribution in [0.1, 0.15) is 13.3 Å². The van der Waals surface area contributed by atoms with Crippen molar-refractivity contribution in [1.82, 2.24) is 4.90 Å². The van der Waals surface area contributed by atoms with Gasteiger partial charge in [-0.05, 0) is 19.6 Å². The SMILES string of the molecule is CCN1CCC([O-])C1.[Li+]. The first-order valence-corrected chi connectivity index (χ1v) is 3.21. The molecule has 1 heterocycles. The third kappa shape index (κ3) is 2.73. The Morgan fingerprint density at radius 3 is 2.56 bits per heavy atom. The number of nitrogens with zero attached hydrogens (tertiary/aromatic N) is 1. The van der Waals surface area contributed by atoms with Crippen LogP contribution >= 0.6 is 0 Å². The van der Waals surface area contributed by atoms with Gasteiger partial charge in [0.2, 0.25) is 0 Å². The van der Waals surface area contributed by atoms with Gasteiger partial charge in [-0.2, -0.15) is 0 Å². The first kappa shape index (κ1) is 9.52. The molecule has 1 aliphatic rings. The van der Waals surface area contributed by atoms with Crippen LogP contribution < -0.4 is 24.0 Å². The fourth-order valence-electron chi connectivity index (χ4n) is 1.08. The number of hydrogen-bond donors (Lipinski definition) is 0. The molecular weight excluding hydrogens is 109 g/mol. The van der Waals surface area contributed by atoms with Crippen molar-refractivity contribution in [3.8, 4) is 0 Å². The minimum atomic E-state index is -0.296. The Kier molecular flexibility index (Phi) is 4.60. The molecule has 0 radical (unpaired) electrons. The van der Waals surface area contributed by atoms with Crippen molar-refractivity contribution in [3.63, 3.8) is 0 Å². The van der Waals surface area contributed by atoms with Crippen LogP contribution in [-0.2, 0) is 0 Å². The molecule has 0 saturated carbocycles. The monoisotopic (exact) mass is 121 g/mol. The molecule has 0 amide bonds. The topological polar surface area (TPSA) is 26.3 Å². The van der Waals surface area contributed by atoms with Gasteiger partial charge in [0.25, 0.3) is 0 Å². The van der Waals surface area contributed by atoms with Gasteiger partial charge in [-0.3, -0.25) is 0 Å². The van der Waals surface area contributed by atoms with Gasteiger partial charge in [-0.15, -0.1) is 6.10 Å². The van der Waals surface area contributed by atoms with E-state index in [0.29, 0.717) is 0 Å². The molecular formula is C6H12LiNO. The molecule has 1 atom stereocenters. The van der Waals surface area contributed by atoms with Crippen molar-refractivity contribution >= 4 is 0 Å². The molecule has 48 valence electrons. The van der Waals surface area contributed by atoms with Gasteiger partial charge in [0.15, 0.2) is 0 Å². The summed E-state index contributed by atoms with van der Waals surface area (Å²) in [5.41, 5.74) is 0. The van der Waals surface area contributed by atoms with E-state index in [1.165, 1.54) is 0 Å². The summed E-state index contributed by atoms with van der Waals surface area (Å²) in [6.45, 7) is 4.93. The predicted octanol–water partition coefficient (Wildman–Crippen LogP) is -3.56. The smallest absolute Gasteiger partial charge is 0.851 e. The summed E-state index contributed by atoms with van der Waals surface area (Å²) < 4.78 is 0. The fraction of sp³-hybridized carbons (Fsp3) is 1.00. The Bertz CT molecular complexity index is 79.5. The Balaban J connectivity index is 0.000000640. The van der Waals surface area contributed by atoms with E-state index in [4.69, 9.17) is 0 Å². The number of likely N-dealkylation sites (tertiary alicyclic amines) is 1. The van der Waals surface area contributed by atoms with Crippen molar-refractivity contribution in [2.75, 3.05) is 19.6 Å². The van der Waals surface area contributed by atoms with Crippen LogP contribution in [0.3, 0.4) is 0 Å². The quantitative estimate of drug-likeness (QED) is 0.336. The summed E-state index contributed by atoms with van der Waals surface area (Å²) in [6, 6.07) is 0. The summed E-state index contributed by atoms with van der Waals surface area (Å²) in [5.74, 6) is 0. The molecule has 0 N–H and O–H groups in total. The van der Waals surface area contributed by atoms with E-state index in [1.54, 1.807) is 0 Å². The van der Waals surface area contributed by atoms with E-state index >= 15 is 0 Å². The molecule has 0 aromatic carbocycles. The summed E-state index contributed by atoms with van der Waals surface area (Å²) >= 11 is 0. The molecule has 0 aromatic heterocycles. The first-order valence-electron chi connectivity index (χ1n) is 3.21.